The van der Waals surface area contributed by atoms with Gasteiger partial charge in [-0.15, -0.1) is 0 Å². The van der Waals surface area contributed by atoms with Gasteiger partial charge in [0, 0.05) is 11.3 Å². The first-order valence-electron chi connectivity index (χ1n) is 7.41. The van der Waals surface area contributed by atoms with E-state index in [0.717, 1.165) is 29.7 Å². The number of rotatable bonds is 3. The van der Waals surface area contributed by atoms with Crippen LogP contribution in [0.4, 0.5) is 5.69 Å². The van der Waals surface area contributed by atoms with Crippen molar-refractivity contribution in [1.82, 2.24) is 5.32 Å². The van der Waals surface area contributed by atoms with Gasteiger partial charge in [-0.3, -0.25) is 4.79 Å². The molecule has 0 saturated heterocycles. The van der Waals surface area contributed by atoms with Crippen LogP contribution < -0.4 is 11.1 Å². The Morgan fingerprint density at radius 3 is 2.57 bits per heavy atom. The van der Waals surface area contributed by atoms with E-state index in [-0.39, 0.29) is 11.9 Å². The fraction of sp³-hybridized carbons (Fsp3) is 0.278. The van der Waals surface area contributed by atoms with E-state index >= 15 is 0 Å². The zero-order valence-electron chi connectivity index (χ0n) is 12.2. The zero-order chi connectivity index (χ0) is 14.8. The number of fused-ring (bicyclic) bond motifs is 1. The topological polar surface area (TPSA) is 55.1 Å². The van der Waals surface area contributed by atoms with Crippen LogP contribution in [0.2, 0.25) is 0 Å². The molecule has 2 aromatic rings. The van der Waals surface area contributed by atoms with Crippen LogP contribution >= 0.6 is 0 Å². The highest BCUT2D eigenvalue weighted by molar-refractivity contribution is 5.94. The fourth-order valence-electron chi connectivity index (χ4n) is 2.86. The van der Waals surface area contributed by atoms with Gasteiger partial charge in [-0.25, -0.2) is 0 Å². The number of nitrogen functional groups attached to an aromatic ring is 1. The van der Waals surface area contributed by atoms with Gasteiger partial charge in [-0.2, -0.15) is 0 Å². The number of benzene rings is 2. The van der Waals surface area contributed by atoms with E-state index in [1.807, 2.05) is 43.3 Å². The Morgan fingerprint density at radius 1 is 1.10 bits per heavy atom. The average Bonchev–Trinajstić information content (AvgIpc) is 2.95. The molecule has 0 aromatic heterocycles. The molecule has 3 rings (SSSR count). The number of anilines is 1. The van der Waals surface area contributed by atoms with Gasteiger partial charge in [0.15, 0.2) is 0 Å². The van der Waals surface area contributed by atoms with E-state index in [4.69, 9.17) is 5.73 Å². The van der Waals surface area contributed by atoms with E-state index in [9.17, 15) is 4.79 Å². The molecule has 0 radical (unpaired) electrons. The van der Waals surface area contributed by atoms with Crippen molar-refractivity contribution >= 4 is 11.6 Å². The van der Waals surface area contributed by atoms with Gasteiger partial charge >= 0.3 is 0 Å². The Labute approximate surface area is 125 Å². The van der Waals surface area contributed by atoms with Crippen molar-refractivity contribution in [2.24, 2.45) is 0 Å². The van der Waals surface area contributed by atoms with Crippen LogP contribution in [-0.2, 0) is 12.8 Å². The van der Waals surface area contributed by atoms with Crippen molar-refractivity contribution in [2.45, 2.75) is 32.2 Å². The van der Waals surface area contributed by atoms with E-state index in [2.05, 4.69) is 11.4 Å². The first kappa shape index (κ1) is 13.7. The molecule has 1 atom stereocenters. The number of hydrogen-bond donors (Lipinski definition) is 2. The Kier molecular flexibility index (Phi) is 3.65. The third-order valence-corrected chi connectivity index (χ3v) is 4.14. The third kappa shape index (κ3) is 2.92. The van der Waals surface area contributed by atoms with Gasteiger partial charge in [0.2, 0.25) is 0 Å². The molecule has 0 aliphatic heterocycles. The summed E-state index contributed by atoms with van der Waals surface area (Å²) in [6, 6.07) is 13.6. The minimum atomic E-state index is -0.0358. The summed E-state index contributed by atoms with van der Waals surface area (Å²) in [6.45, 7) is 1.98. The minimum absolute atomic E-state index is 0.0194. The van der Waals surface area contributed by atoms with Crippen molar-refractivity contribution in [2.75, 3.05) is 5.73 Å². The SMILES string of the molecule is CC(NC(=O)c1ccc2c(c1)CCC2)c1ccc(N)cc1. The molecule has 3 nitrogen and oxygen atoms in total. The van der Waals surface area contributed by atoms with Gasteiger partial charge in [0.25, 0.3) is 5.91 Å². The molecule has 2 aromatic carbocycles. The summed E-state index contributed by atoms with van der Waals surface area (Å²) < 4.78 is 0. The largest absolute Gasteiger partial charge is 0.399 e. The molecule has 1 amide bonds. The Balaban J connectivity index is 1.72. The quantitative estimate of drug-likeness (QED) is 0.848. The summed E-state index contributed by atoms with van der Waals surface area (Å²) in [7, 11) is 0. The second-order valence-corrected chi connectivity index (χ2v) is 5.70. The van der Waals surface area contributed by atoms with Crippen LogP contribution in [0.1, 0.15) is 46.4 Å². The molecule has 0 saturated carbocycles. The summed E-state index contributed by atoms with van der Waals surface area (Å²) in [4.78, 5) is 12.4. The molecule has 0 spiro atoms. The van der Waals surface area contributed by atoms with Crippen molar-refractivity contribution in [3.8, 4) is 0 Å². The zero-order valence-corrected chi connectivity index (χ0v) is 12.2. The molecule has 21 heavy (non-hydrogen) atoms. The molecule has 3 heteroatoms. The molecule has 1 aliphatic carbocycles. The lowest BCUT2D eigenvalue weighted by atomic mass is 10.0. The van der Waals surface area contributed by atoms with Crippen LogP contribution in [0.5, 0.6) is 0 Å². The normalized spacial score (nSPS) is 14.5. The first-order valence-corrected chi connectivity index (χ1v) is 7.41. The fourth-order valence-corrected chi connectivity index (χ4v) is 2.86. The van der Waals surface area contributed by atoms with E-state index in [1.54, 1.807) is 0 Å². The number of carbonyl (C=O) groups excluding carboxylic acids is 1. The smallest absolute Gasteiger partial charge is 0.251 e. The number of nitrogens with one attached hydrogen (secondary N) is 1. The summed E-state index contributed by atoms with van der Waals surface area (Å²) >= 11 is 0. The van der Waals surface area contributed by atoms with Crippen LogP contribution in [0.3, 0.4) is 0 Å². The summed E-state index contributed by atoms with van der Waals surface area (Å²) in [5, 5.41) is 3.04. The number of amides is 1. The molecule has 1 unspecified atom stereocenters. The predicted molar refractivity (Wildman–Crippen MR) is 85.2 cm³/mol. The lowest BCUT2D eigenvalue weighted by Crippen LogP contribution is -2.26. The Hall–Kier alpha value is -2.29. The Bertz CT molecular complexity index is 661. The average molecular weight is 280 g/mol. The Morgan fingerprint density at radius 2 is 1.81 bits per heavy atom. The molecule has 0 heterocycles. The summed E-state index contributed by atoms with van der Waals surface area (Å²) in [5.74, 6) is -0.0194. The molecule has 3 N–H and O–H groups in total. The molecular formula is C18H20N2O. The van der Waals surface area contributed by atoms with E-state index in [0.29, 0.717) is 0 Å². The van der Waals surface area contributed by atoms with Gasteiger partial charge in [0.1, 0.15) is 0 Å². The van der Waals surface area contributed by atoms with Crippen LogP contribution in [0, 0.1) is 0 Å². The maximum Gasteiger partial charge on any atom is 0.251 e. The van der Waals surface area contributed by atoms with Crippen molar-refractivity contribution in [1.29, 1.82) is 0 Å². The highest BCUT2D eigenvalue weighted by Crippen LogP contribution is 2.23. The van der Waals surface area contributed by atoms with Gasteiger partial charge in [0.05, 0.1) is 6.04 Å². The van der Waals surface area contributed by atoms with Crippen molar-refractivity contribution < 1.29 is 4.79 Å². The maximum absolute atomic E-state index is 12.4. The van der Waals surface area contributed by atoms with Crippen LogP contribution in [-0.4, -0.2) is 5.91 Å². The predicted octanol–water partition coefficient (Wildman–Crippen LogP) is 3.25. The molecule has 108 valence electrons. The standard InChI is InChI=1S/C18H20N2O/c1-12(13-7-9-17(19)10-8-13)20-18(21)16-6-5-14-3-2-4-15(14)11-16/h5-12H,2-4,19H2,1H3,(H,20,21). The van der Waals surface area contributed by atoms with Crippen LogP contribution in [0.15, 0.2) is 42.5 Å². The van der Waals surface area contributed by atoms with Crippen molar-refractivity contribution in [3.63, 3.8) is 0 Å². The highest BCUT2D eigenvalue weighted by atomic mass is 16.1. The highest BCUT2D eigenvalue weighted by Gasteiger charge is 2.15. The molecule has 1 aliphatic rings. The second-order valence-electron chi connectivity index (χ2n) is 5.70. The molecular weight excluding hydrogens is 260 g/mol. The van der Waals surface area contributed by atoms with E-state index < -0.39 is 0 Å². The number of hydrogen-bond acceptors (Lipinski definition) is 2. The first-order chi connectivity index (χ1) is 10.1. The van der Waals surface area contributed by atoms with Gasteiger partial charge in [-0.1, -0.05) is 18.2 Å². The summed E-state index contributed by atoms with van der Waals surface area (Å²) in [6.07, 6.45) is 3.42. The maximum atomic E-state index is 12.4. The minimum Gasteiger partial charge on any atom is -0.399 e. The summed E-state index contributed by atoms with van der Waals surface area (Å²) in [5.41, 5.74) is 10.9. The second kappa shape index (κ2) is 5.60. The third-order valence-electron chi connectivity index (χ3n) is 4.14. The van der Waals surface area contributed by atoms with Gasteiger partial charge < -0.3 is 11.1 Å². The monoisotopic (exact) mass is 280 g/mol. The lowest BCUT2D eigenvalue weighted by Gasteiger charge is -2.15. The number of nitrogens with two attached hydrogens (primary N) is 1. The molecule has 0 bridgehead atoms. The van der Waals surface area contributed by atoms with Crippen molar-refractivity contribution in [3.05, 3.63) is 64.7 Å². The number of carbonyl (C=O) groups is 1. The van der Waals surface area contributed by atoms with Gasteiger partial charge in [-0.05, 0) is 67.1 Å². The van der Waals surface area contributed by atoms with E-state index in [1.165, 1.54) is 17.5 Å². The lowest BCUT2D eigenvalue weighted by molar-refractivity contribution is 0.0940. The number of aryl methyl sites for hydroxylation is 2. The molecule has 0 fully saturated rings. The van der Waals surface area contributed by atoms with Crippen LogP contribution in [0.25, 0.3) is 0 Å².